The first-order valence-electron chi connectivity index (χ1n) is 2.66. The molecule has 1 heterocycles. The molecule has 0 unspecified atom stereocenters. The summed E-state index contributed by atoms with van der Waals surface area (Å²) in [6.45, 7) is 2.45. The highest BCUT2D eigenvalue weighted by atomic mass is 35.5. The molecule has 11 heavy (non-hydrogen) atoms. The minimum absolute atomic E-state index is 0. The maximum Gasteiger partial charge on any atom is 0.180 e. The largest absolute Gasteiger partial charge is 0.375 e. The molecule has 3 nitrogen and oxygen atoms in total. The number of thiazole rings is 1. The lowest BCUT2D eigenvalue weighted by molar-refractivity contribution is 1.06. The minimum Gasteiger partial charge on any atom is -0.375 e. The molecule has 0 aromatic carbocycles. The number of aromatic nitrogens is 1. The topological polar surface area (TPSA) is 64.9 Å². The Morgan fingerprint density at radius 2 is 2.00 bits per heavy atom. The highest BCUT2D eigenvalue weighted by molar-refractivity contribution is 7.15. The molecule has 0 spiro atoms. The predicted molar refractivity (Wildman–Crippen MR) is 53.7 cm³/mol. The van der Waals surface area contributed by atoms with Crippen molar-refractivity contribution >= 4 is 41.3 Å². The molecule has 6 heteroatoms. The van der Waals surface area contributed by atoms with E-state index in [0.29, 0.717) is 11.7 Å². The van der Waals surface area contributed by atoms with Crippen molar-refractivity contribution in [2.24, 2.45) is 5.73 Å². The van der Waals surface area contributed by atoms with Crippen LogP contribution in [0, 0.1) is 6.92 Å². The molecular weight excluding hydrogens is 205 g/mol. The van der Waals surface area contributed by atoms with Crippen molar-refractivity contribution in [1.29, 1.82) is 0 Å². The summed E-state index contributed by atoms with van der Waals surface area (Å²) < 4.78 is 0. The number of halogens is 2. The third kappa shape index (κ3) is 3.25. The molecule has 1 rings (SSSR count). The van der Waals surface area contributed by atoms with Gasteiger partial charge in [-0.05, 0) is 6.92 Å². The van der Waals surface area contributed by atoms with Gasteiger partial charge in [0.15, 0.2) is 5.13 Å². The lowest BCUT2D eigenvalue weighted by atomic mass is 10.4. The molecule has 4 N–H and O–H groups in total. The third-order valence-corrected chi connectivity index (χ3v) is 2.10. The van der Waals surface area contributed by atoms with Gasteiger partial charge in [0.25, 0.3) is 0 Å². The van der Waals surface area contributed by atoms with Crippen molar-refractivity contribution in [3.05, 3.63) is 10.6 Å². The summed E-state index contributed by atoms with van der Waals surface area (Å²) in [4.78, 5) is 5.07. The highest BCUT2D eigenvalue weighted by Crippen LogP contribution is 2.17. The Morgan fingerprint density at radius 1 is 1.45 bits per heavy atom. The van der Waals surface area contributed by atoms with E-state index < -0.39 is 0 Å². The second-order valence-electron chi connectivity index (χ2n) is 1.76. The highest BCUT2D eigenvalue weighted by Gasteiger charge is 2.00. The standard InChI is InChI=1S/C5H9N3S.2ClH/c1-3-4(2-6)9-5(7)8-3;;/h2,6H2,1H3,(H2,7,8);2*1H. The molecule has 0 radical (unpaired) electrons. The molecule has 1 aromatic heterocycles. The quantitative estimate of drug-likeness (QED) is 0.744. The monoisotopic (exact) mass is 215 g/mol. The fourth-order valence-corrected chi connectivity index (χ4v) is 1.35. The van der Waals surface area contributed by atoms with Crippen molar-refractivity contribution in [3.8, 4) is 0 Å². The van der Waals surface area contributed by atoms with Crippen LogP contribution in [-0.2, 0) is 6.54 Å². The second kappa shape index (κ2) is 5.60. The first kappa shape index (κ1) is 13.6. The zero-order chi connectivity index (χ0) is 6.85. The van der Waals surface area contributed by atoms with E-state index in [4.69, 9.17) is 11.5 Å². The van der Waals surface area contributed by atoms with Crippen LogP contribution in [0.2, 0.25) is 0 Å². The maximum absolute atomic E-state index is 5.41. The Hall–Kier alpha value is -0.0300. The Bertz CT molecular complexity index is 213. The Balaban J connectivity index is 0. The number of nitrogen functional groups attached to an aromatic ring is 1. The minimum atomic E-state index is 0. The van der Waals surface area contributed by atoms with E-state index in [1.54, 1.807) is 0 Å². The lowest BCUT2D eigenvalue weighted by Crippen LogP contribution is -1.94. The van der Waals surface area contributed by atoms with Gasteiger partial charge in [-0.2, -0.15) is 0 Å². The van der Waals surface area contributed by atoms with Crippen molar-refractivity contribution in [1.82, 2.24) is 4.98 Å². The van der Waals surface area contributed by atoms with Gasteiger partial charge in [-0.1, -0.05) is 0 Å². The average Bonchev–Trinajstić information content (AvgIpc) is 2.10. The van der Waals surface area contributed by atoms with E-state index in [-0.39, 0.29) is 24.8 Å². The number of anilines is 1. The Morgan fingerprint density at radius 3 is 2.18 bits per heavy atom. The van der Waals surface area contributed by atoms with Crippen molar-refractivity contribution in [2.75, 3.05) is 5.73 Å². The maximum atomic E-state index is 5.41. The molecule has 0 saturated heterocycles. The molecular formula is C5H11Cl2N3S. The first-order chi connectivity index (χ1) is 4.24. The SMILES string of the molecule is Cc1nc(N)sc1CN.Cl.Cl. The van der Waals surface area contributed by atoms with Crippen LogP contribution in [0.25, 0.3) is 0 Å². The second-order valence-corrected chi connectivity index (χ2v) is 2.88. The molecule has 0 saturated carbocycles. The smallest absolute Gasteiger partial charge is 0.180 e. The zero-order valence-electron chi connectivity index (χ0n) is 6.03. The molecule has 0 amide bonds. The number of aryl methyl sites for hydroxylation is 1. The van der Waals surface area contributed by atoms with Crippen LogP contribution in [0.1, 0.15) is 10.6 Å². The lowest BCUT2D eigenvalue weighted by Gasteiger charge is -1.85. The molecule has 66 valence electrons. The van der Waals surface area contributed by atoms with Gasteiger partial charge in [0.2, 0.25) is 0 Å². The van der Waals surface area contributed by atoms with E-state index in [0.717, 1.165) is 10.6 Å². The van der Waals surface area contributed by atoms with Gasteiger partial charge in [0.1, 0.15) is 0 Å². The van der Waals surface area contributed by atoms with Gasteiger partial charge in [-0.25, -0.2) is 4.98 Å². The molecule has 1 aromatic rings. The summed E-state index contributed by atoms with van der Waals surface area (Å²) in [5.41, 5.74) is 11.7. The fraction of sp³-hybridized carbons (Fsp3) is 0.400. The van der Waals surface area contributed by atoms with Gasteiger partial charge in [0, 0.05) is 11.4 Å². The van der Waals surface area contributed by atoms with E-state index >= 15 is 0 Å². The summed E-state index contributed by atoms with van der Waals surface area (Å²) in [7, 11) is 0. The molecule has 0 aliphatic carbocycles. The van der Waals surface area contributed by atoms with Crippen molar-refractivity contribution < 1.29 is 0 Å². The molecule has 0 atom stereocenters. The summed E-state index contributed by atoms with van der Waals surface area (Å²) >= 11 is 1.46. The number of hydrogen-bond donors (Lipinski definition) is 2. The fourth-order valence-electron chi connectivity index (χ4n) is 0.640. The van der Waals surface area contributed by atoms with Crippen molar-refractivity contribution in [3.63, 3.8) is 0 Å². The average molecular weight is 216 g/mol. The van der Waals surface area contributed by atoms with Crippen LogP contribution in [0.4, 0.5) is 5.13 Å². The number of nitrogens with two attached hydrogens (primary N) is 2. The van der Waals surface area contributed by atoms with Gasteiger partial charge < -0.3 is 11.5 Å². The van der Waals surface area contributed by atoms with Gasteiger partial charge >= 0.3 is 0 Å². The number of hydrogen-bond acceptors (Lipinski definition) is 4. The normalized spacial score (nSPS) is 8.18. The summed E-state index contributed by atoms with van der Waals surface area (Å²) in [6.07, 6.45) is 0. The zero-order valence-corrected chi connectivity index (χ0v) is 8.48. The van der Waals surface area contributed by atoms with Crippen LogP contribution in [0.5, 0.6) is 0 Å². The van der Waals surface area contributed by atoms with Gasteiger partial charge in [-0.15, -0.1) is 36.2 Å². The van der Waals surface area contributed by atoms with Crippen LogP contribution in [0.15, 0.2) is 0 Å². The Kier molecular flexibility index (Phi) is 6.90. The Labute approximate surface area is 82.0 Å². The molecule has 0 fully saturated rings. The van der Waals surface area contributed by atoms with E-state index in [1.807, 2.05) is 6.92 Å². The number of nitrogens with zero attached hydrogens (tertiary/aromatic N) is 1. The number of rotatable bonds is 1. The summed E-state index contributed by atoms with van der Waals surface area (Å²) in [5, 5.41) is 0.605. The van der Waals surface area contributed by atoms with Gasteiger partial charge in [-0.3, -0.25) is 0 Å². The molecule has 0 aliphatic heterocycles. The molecule has 0 bridgehead atoms. The van der Waals surface area contributed by atoms with Crippen molar-refractivity contribution in [2.45, 2.75) is 13.5 Å². The van der Waals surface area contributed by atoms with Crippen LogP contribution >= 0.6 is 36.2 Å². The van der Waals surface area contributed by atoms with Gasteiger partial charge in [0.05, 0.1) is 5.69 Å². The van der Waals surface area contributed by atoms with Crippen LogP contribution in [-0.4, -0.2) is 4.98 Å². The summed E-state index contributed by atoms with van der Waals surface area (Å²) in [6, 6.07) is 0. The van der Waals surface area contributed by atoms with Crippen LogP contribution in [0.3, 0.4) is 0 Å². The summed E-state index contributed by atoms with van der Waals surface area (Å²) in [5.74, 6) is 0. The van der Waals surface area contributed by atoms with Crippen LogP contribution < -0.4 is 11.5 Å². The molecule has 0 aliphatic rings. The van der Waals surface area contributed by atoms with E-state index in [9.17, 15) is 0 Å². The van der Waals surface area contributed by atoms with E-state index in [1.165, 1.54) is 11.3 Å². The predicted octanol–water partition coefficient (Wildman–Crippen LogP) is 1.34. The third-order valence-electron chi connectivity index (χ3n) is 1.09. The van der Waals surface area contributed by atoms with E-state index in [2.05, 4.69) is 4.98 Å². The first-order valence-corrected chi connectivity index (χ1v) is 3.47.